The van der Waals surface area contributed by atoms with Crippen LogP contribution < -0.4 is 5.32 Å². The molecule has 1 rings (SSSR count). The van der Waals surface area contributed by atoms with Crippen LogP contribution in [0.2, 0.25) is 0 Å². The van der Waals surface area contributed by atoms with Crippen LogP contribution in [-0.2, 0) is 11.2 Å². The third kappa shape index (κ3) is 5.59. The van der Waals surface area contributed by atoms with Crippen LogP contribution in [0.15, 0.2) is 22.7 Å². The summed E-state index contributed by atoms with van der Waals surface area (Å²) in [5.41, 5.74) is 1.31. The van der Waals surface area contributed by atoms with E-state index >= 15 is 0 Å². The van der Waals surface area contributed by atoms with E-state index in [0.29, 0.717) is 0 Å². The van der Waals surface area contributed by atoms with Gasteiger partial charge in [0.25, 0.3) is 0 Å². The van der Waals surface area contributed by atoms with Crippen molar-refractivity contribution in [3.05, 3.63) is 34.1 Å². The second-order valence-corrected chi connectivity index (χ2v) is 6.10. The van der Waals surface area contributed by atoms with Crippen LogP contribution in [0.25, 0.3) is 0 Å². The highest BCUT2D eigenvalue weighted by Gasteiger charge is 2.23. The zero-order valence-electron chi connectivity index (χ0n) is 11.9. The Morgan fingerprint density at radius 1 is 1.42 bits per heavy atom. The maximum absolute atomic E-state index is 13.1. The van der Waals surface area contributed by atoms with Gasteiger partial charge in [0.2, 0.25) is 0 Å². The normalized spacial score (nSPS) is 14.4. The molecular formula is C15H23BrFNO. The molecule has 1 N–H and O–H groups in total. The van der Waals surface area contributed by atoms with Crippen molar-refractivity contribution in [1.82, 2.24) is 5.32 Å². The van der Waals surface area contributed by atoms with Gasteiger partial charge < -0.3 is 10.1 Å². The first-order valence-corrected chi connectivity index (χ1v) is 7.43. The Labute approximate surface area is 123 Å². The third-order valence-electron chi connectivity index (χ3n) is 3.52. The lowest BCUT2D eigenvalue weighted by Crippen LogP contribution is -2.35. The lowest BCUT2D eigenvalue weighted by Gasteiger charge is -2.29. The Morgan fingerprint density at radius 3 is 2.74 bits per heavy atom. The molecule has 1 unspecified atom stereocenters. The van der Waals surface area contributed by atoms with E-state index in [1.165, 1.54) is 12.1 Å². The fourth-order valence-electron chi connectivity index (χ4n) is 2.00. The van der Waals surface area contributed by atoms with Gasteiger partial charge in [0.15, 0.2) is 0 Å². The Bertz CT molecular complexity index is 400. The molecule has 0 saturated heterocycles. The van der Waals surface area contributed by atoms with E-state index in [1.54, 1.807) is 7.11 Å². The lowest BCUT2D eigenvalue weighted by atomic mass is 9.81. The van der Waals surface area contributed by atoms with E-state index in [9.17, 15) is 4.39 Å². The van der Waals surface area contributed by atoms with Crippen molar-refractivity contribution in [2.75, 3.05) is 26.8 Å². The van der Waals surface area contributed by atoms with E-state index in [4.69, 9.17) is 4.74 Å². The monoisotopic (exact) mass is 331 g/mol. The van der Waals surface area contributed by atoms with Gasteiger partial charge >= 0.3 is 0 Å². The number of rotatable bonds is 8. The van der Waals surface area contributed by atoms with Crippen molar-refractivity contribution in [3.63, 3.8) is 0 Å². The van der Waals surface area contributed by atoms with Crippen LogP contribution in [0.5, 0.6) is 0 Å². The summed E-state index contributed by atoms with van der Waals surface area (Å²) in [4.78, 5) is 0. The number of methoxy groups -OCH3 is 1. The Hall–Kier alpha value is -0.450. The van der Waals surface area contributed by atoms with Gasteiger partial charge in [-0.3, -0.25) is 0 Å². The Balaban J connectivity index is 2.63. The van der Waals surface area contributed by atoms with E-state index in [2.05, 4.69) is 35.1 Å². The summed E-state index contributed by atoms with van der Waals surface area (Å²) >= 11 is 3.44. The van der Waals surface area contributed by atoms with Crippen molar-refractivity contribution in [2.24, 2.45) is 5.41 Å². The molecule has 0 bridgehead atoms. The van der Waals surface area contributed by atoms with Gasteiger partial charge in [-0.25, -0.2) is 4.39 Å². The van der Waals surface area contributed by atoms with Crippen molar-refractivity contribution in [1.29, 1.82) is 0 Å². The minimum absolute atomic E-state index is 0.161. The molecule has 0 spiro atoms. The SMILES string of the molecule is CCC(C)(CNCCOC)Cc1ccc(F)cc1Br. The molecule has 0 aliphatic heterocycles. The second-order valence-electron chi connectivity index (χ2n) is 5.25. The Kier molecular flexibility index (Phi) is 6.97. The summed E-state index contributed by atoms with van der Waals surface area (Å²) in [7, 11) is 1.70. The number of halogens is 2. The zero-order valence-corrected chi connectivity index (χ0v) is 13.5. The summed E-state index contributed by atoms with van der Waals surface area (Å²) in [5.74, 6) is -0.202. The molecule has 0 saturated carbocycles. The first kappa shape index (κ1) is 16.6. The molecule has 0 aliphatic carbocycles. The Morgan fingerprint density at radius 2 is 2.16 bits per heavy atom. The smallest absolute Gasteiger partial charge is 0.124 e. The molecular weight excluding hydrogens is 309 g/mol. The molecule has 4 heteroatoms. The predicted octanol–water partition coefficient (Wildman–Crippen LogP) is 3.78. The summed E-state index contributed by atoms with van der Waals surface area (Å²) < 4.78 is 19.0. The highest BCUT2D eigenvalue weighted by molar-refractivity contribution is 9.10. The average Bonchev–Trinajstić information content (AvgIpc) is 2.38. The topological polar surface area (TPSA) is 21.3 Å². The van der Waals surface area contributed by atoms with E-state index in [-0.39, 0.29) is 11.2 Å². The summed E-state index contributed by atoms with van der Waals surface area (Å²) in [6.45, 7) is 6.95. The van der Waals surface area contributed by atoms with Crippen molar-refractivity contribution in [3.8, 4) is 0 Å². The van der Waals surface area contributed by atoms with Gasteiger partial charge in [0, 0.05) is 24.7 Å². The molecule has 1 aromatic rings. The van der Waals surface area contributed by atoms with Gasteiger partial charge in [0.05, 0.1) is 6.61 Å². The molecule has 1 aromatic carbocycles. The van der Waals surface area contributed by atoms with Crippen LogP contribution in [-0.4, -0.2) is 26.8 Å². The van der Waals surface area contributed by atoms with Crippen LogP contribution in [0, 0.1) is 11.2 Å². The molecule has 108 valence electrons. The minimum atomic E-state index is -0.202. The van der Waals surface area contributed by atoms with Crippen LogP contribution in [0.4, 0.5) is 4.39 Å². The second kappa shape index (κ2) is 7.98. The summed E-state index contributed by atoms with van der Waals surface area (Å²) in [6, 6.07) is 4.92. The molecule has 1 atom stereocenters. The van der Waals surface area contributed by atoms with Gasteiger partial charge in [-0.05, 0) is 36.0 Å². The molecule has 0 fully saturated rings. The maximum Gasteiger partial charge on any atom is 0.124 e. The summed E-state index contributed by atoms with van der Waals surface area (Å²) in [6.07, 6.45) is 1.99. The lowest BCUT2D eigenvalue weighted by molar-refractivity contribution is 0.191. The highest BCUT2D eigenvalue weighted by atomic mass is 79.9. The first-order chi connectivity index (χ1) is 9.00. The number of nitrogens with one attached hydrogen (secondary N) is 1. The van der Waals surface area contributed by atoms with E-state index < -0.39 is 0 Å². The van der Waals surface area contributed by atoms with E-state index in [0.717, 1.165) is 42.6 Å². The van der Waals surface area contributed by atoms with Gasteiger partial charge in [-0.2, -0.15) is 0 Å². The van der Waals surface area contributed by atoms with E-state index in [1.807, 2.05) is 6.07 Å². The molecule has 0 aromatic heterocycles. The molecule has 0 aliphatic rings. The molecule has 0 amide bonds. The maximum atomic E-state index is 13.1. The number of ether oxygens (including phenoxy) is 1. The zero-order chi connectivity index (χ0) is 14.3. The number of hydrogen-bond donors (Lipinski definition) is 1. The van der Waals surface area contributed by atoms with Crippen LogP contribution in [0.1, 0.15) is 25.8 Å². The first-order valence-electron chi connectivity index (χ1n) is 6.64. The van der Waals surface area contributed by atoms with Gasteiger partial charge in [-0.15, -0.1) is 0 Å². The predicted molar refractivity (Wildman–Crippen MR) is 80.9 cm³/mol. The molecule has 0 heterocycles. The molecule has 19 heavy (non-hydrogen) atoms. The standard InChI is InChI=1S/C15H23BrFNO/c1-4-15(2,11-18-7-8-19-3)10-12-5-6-13(17)9-14(12)16/h5-6,9,18H,4,7-8,10-11H2,1-3H3. The number of hydrogen-bond acceptors (Lipinski definition) is 2. The minimum Gasteiger partial charge on any atom is -0.383 e. The van der Waals surface area contributed by atoms with Gasteiger partial charge in [-0.1, -0.05) is 35.8 Å². The fourth-order valence-corrected chi connectivity index (χ4v) is 2.49. The van der Waals surface area contributed by atoms with Crippen molar-refractivity contribution in [2.45, 2.75) is 26.7 Å². The molecule has 2 nitrogen and oxygen atoms in total. The van der Waals surface area contributed by atoms with Crippen LogP contribution >= 0.6 is 15.9 Å². The fraction of sp³-hybridized carbons (Fsp3) is 0.600. The largest absolute Gasteiger partial charge is 0.383 e. The highest BCUT2D eigenvalue weighted by Crippen LogP contribution is 2.29. The quantitative estimate of drug-likeness (QED) is 0.732. The third-order valence-corrected chi connectivity index (χ3v) is 4.26. The summed E-state index contributed by atoms with van der Waals surface area (Å²) in [5, 5.41) is 3.41. The van der Waals surface area contributed by atoms with Crippen molar-refractivity contribution < 1.29 is 9.13 Å². The average molecular weight is 332 g/mol. The number of benzene rings is 1. The molecule has 0 radical (unpaired) electrons. The van der Waals surface area contributed by atoms with Crippen molar-refractivity contribution >= 4 is 15.9 Å². The van der Waals surface area contributed by atoms with Gasteiger partial charge in [0.1, 0.15) is 5.82 Å². The van der Waals surface area contributed by atoms with Crippen LogP contribution in [0.3, 0.4) is 0 Å².